The Hall–Kier alpha value is -2.95. The molecule has 4 rings (SSSR count). The Bertz CT molecular complexity index is 950. The van der Waals surface area contributed by atoms with Crippen molar-refractivity contribution in [1.82, 2.24) is 15.0 Å². The van der Waals surface area contributed by atoms with E-state index >= 15 is 0 Å². The molecule has 1 aromatic carbocycles. The number of pyridine rings is 1. The molecule has 138 valence electrons. The van der Waals surface area contributed by atoms with E-state index in [2.05, 4.69) is 50.2 Å². The Morgan fingerprint density at radius 3 is 2.78 bits per heavy atom. The molecular weight excluding hydrogens is 336 g/mol. The van der Waals surface area contributed by atoms with Crippen LogP contribution in [0.1, 0.15) is 31.0 Å². The molecular formula is C22H24N4O. The van der Waals surface area contributed by atoms with Gasteiger partial charge in [0.25, 0.3) is 5.56 Å². The molecule has 3 aromatic rings. The summed E-state index contributed by atoms with van der Waals surface area (Å²) in [5.41, 5.74) is 2.87. The zero-order valence-electron chi connectivity index (χ0n) is 15.6. The van der Waals surface area contributed by atoms with Crippen molar-refractivity contribution in [3.63, 3.8) is 0 Å². The van der Waals surface area contributed by atoms with Crippen LogP contribution in [-0.4, -0.2) is 27.5 Å². The zero-order valence-corrected chi connectivity index (χ0v) is 15.6. The fraction of sp³-hybridized carbons (Fsp3) is 0.318. The molecule has 1 atom stereocenters. The summed E-state index contributed by atoms with van der Waals surface area (Å²) in [6.45, 7) is 3.03. The maximum atomic E-state index is 11.8. The fourth-order valence-corrected chi connectivity index (χ4v) is 3.76. The van der Waals surface area contributed by atoms with Crippen molar-refractivity contribution in [2.45, 2.75) is 38.6 Å². The number of aromatic amines is 1. The first-order valence-electron chi connectivity index (χ1n) is 9.60. The van der Waals surface area contributed by atoms with Crippen LogP contribution in [0.15, 0.2) is 59.5 Å². The van der Waals surface area contributed by atoms with E-state index in [1.807, 2.05) is 25.3 Å². The first kappa shape index (κ1) is 17.5. The normalized spacial score (nSPS) is 16.6. The van der Waals surface area contributed by atoms with Crippen molar-refractivity contribution in [3.8, 4) is 11.4 Å². The number of anilines is 1. The van der Waals surface area contributed by atoms with Crippen LogP contribution >= 0.6 is 0 Å². The van der Waals surface area contributed by atoms with Crippen molar-refractivity contribution in [1.29, 1.82) is 0 Å². The summed E-state index contributed by atoms with van der Waals surface area (Å²) in [5, 5.41) is 0. The predicted octanol–water partition coefficient (Wildman–Crippen LogP) is 3.61. The van der Waals surface area contributed by atoms with Gasteiger partial charge in [0.1, 0.15) is 11.6 Å². The van der Waals surface area contributed by atoms with Crippen molar-refractivity contribution in [3.05, 3.63) is 76.3 Å². The lowest BCUT2D eigenvalue weighted by molar-refractivity contribution is 0.658. The summed E-state index contributed by atoms with van der Waals surface area (Å²) in [6, 6.07) is 16.7. The molecule has 27 heavy (non-hydrogen) atoms. The Labute approximate surface area is 159 Å². The van der Waals surface area contributed by atoms with Crippen LogP contribution in [-0.2, 0) is 12.8 Å². The highest BCUT2D eigenvalue weighted by molar-refractivity contribution is 5.56. The number of aromatic nitrogens is 3. The van der Waals surface area contributed by atoms with E-state index in [1.54, 1.807) is 6.07 Å². The maximum absolute atomic E-state index is 11.8. The van der Waals surface area contributed by atoms with E-state index in [-0.39, 0.29) is 5.56 Å². The Kier molecular flexibility index (Phi) is 5.01. The zero-order chi connectivity index (χ0) is 18.6. The van der Waals surface area contributed by atoms with Gasteiger partial charge >= 0.3 is 0 Å². The van der Waals surface area contributed by atoms with Crippen LogP contribution in [0.25, 0.3) is 11.4 Å². The Morgan fingerprint density at radius 1 is 1.19 bits per heavy atom. The molecule has 3 heterocycles. The second kappa shape index (κ2) is 7.74. The summed E-state index contributed by atoms with van der Waals surface area (Å²) >= 11 is 0. The van der Waals surface area contributed by atoms with Crippen molar-refractivity contribution in [2.75, 3.05) is 11.4 Å². The summed E-state index contributed by atoms with van der Waals surface area (Å²) in [6.07, 6.45) is 5.96. The standard InChI is InChI=1S/C22H24N4O/c1-2-18-14-21(27)25-22(24-18)17-10-11-20(23-15-17)26-12-6-9-19(26)13-16-7-4-3-5-8-16/h3-5,7-8,10-11,14-15,19H,2,6,9,12-13H2,1H3,(H,24,25,27). The lowest BCUT2D eigenvalue weighted by Gasteiger charge is -2.26. The topological polar surface area (TPSA) is 61.9 Å². The van der Waals surface area contributed by atoms with Gasteiger partial charge in [-0.3, -0.25) is 4.79 Å². The van der Waals surface area contributed by atoms with Gasteiger partial charge in [-0.15, -0.1) is 0 Å². The van der Waals surface area contributed by atoms with Gasteiger partial charge in [-0.05, 0) is 43.4 Å². The van der Waals surface area contributed by atoms with E-state index in [9.17, 15) is 4.79 Å². The van der Waals surface area contributed by atoms with Crippen LogP contribution in [0.5, 0.6) is 0 Å². The second-order valence-electron chi connectivity index (χ2n) is 7.02. The highest BCUT2D eigenvalue weighted by Crippen LogP contribution is 2.27. The minimum atomic E-state index is -0.122. The van der Waals surface area contributed by atoms with Crippen LogP contribution in [0.2, 0.25) is 0 Å². The highest BCUT2D eigenvalue weighted by Gasteiger charge is 2.25. The third-order valence-corrected chi connectivity index (χ3v) is 5.16. The molecule has 1 saturated heterocycles. The van der Waals surface area contributed by atoms with E-state index in [0.717, 1.165) is 36.5 Å². The molecule has 2 aromatic heterocycles. The molecule has 0 saturated carbocycles. The third kappa shape index (κ3) is 3.92. The monoisotopic (exact) mass is 360 g/mol. The Morgan fingerprint density at radius 2 is 2.04 bits per heavy atom. The van der Waals surface area contributed by atoms with E-state index in [0.29, 0.717) is 11.9 Å². The number of rotatable bonds is 5. The molecule has 1 aliphatic rings. The fourth-order valence-electron chi connectivity index (χ4n) is 3.76. The predicted molar refractivity (Wildman–Crippen MR) is 108 cm³/mol. The summed E-state index contributed by atoms with van der Waals surface area (Å²) in [7, 11) is 0. The van der Waals surface area contributed by atoms with E-state index < -0.39 is 0 Å². The average molecular weight is 360 g/mol. The van der Waals surface area contributed by atoms with Crippen LogP contribution in [0, 0.1) is 0 Å². The van der Waals surface area contributed by atoms with Gasteiger partial charge < -0.3 is 9.88 Å². The quantitative estimate of drug-likeness (QED) is 0.755. The minimum Gasteiger partial charge on any atom is -0.353 e. The SMILES string of the molecule is CCc1cc(=O)[nH]c(-c2ccc(N3CCCC3Cc3ccccc3)nc2)n1. The molecule has 5 heteroatoms. The van der Waals surface area contributed by atoms with Gasteiger partial charge in [-0.1, -0.05) is 37.3 Å². The molecule has 0 radical (unpaired) electrons. The first-order chi connectivity index (χ1) is 13.2. The smallest absolute Gasteiger partial charge is 0.251 e. The molecule has 0 amide bonds. The number of benzene rings is 1. The van der Waals surface area contributed by atoms with Crippen molar-refractivity contribution in [2.24, 2.45) is 0 Å². The number of aryl methyl sites for hydroxylation is 1. The molecule has 1 aliphatic heterocycles. The van der Waals surface area contributed by atoms with Gasteiger partial charge in [0.2, 0.25) is 0 Å². The lowest BCUT2D eigenvalue weighted by atomic mass is 10.0. The first-order valence-corrected chi connectivity index (χ1v) is 9.60. The van der Waals surface area contributed by atoms with Gasteiger partial charge in [0, 0.05) is 36.1 Å². The number of nitrogens with zero attached hydrogens (tertiary/aromatic N) is 3. The third-order valence-electron chi connectivity index (χ3n) is 5.16. The highest BCUT2D eigenvalue weighted by atomic mass is 16.1. The van der Waals surface area contributed by atoms with Gasteiger partial charge in [0.15, 0.2) is 0 Å². The van der Waals surface area contributed by atoms with Crippen molar-refractivity contribution >= 4 is 5.82 Å². The van der Waals surface area contributed by atoms with E-state index in [1.165, 1.54) is 18.4 Å². The van der Waals surface area contributed by atoms with Crippen LogP contribution in [0.3, 0.4) is 0 Å². The number of nitrogens with one attached hydrogen (secondary N) is 1. The molecule has 5 nitrogen and oxygen atoms in total. The number of H-pyrrole nitrogens is 1. The summed E-state index contributed by atoms with van der Waals surface area (Å²) in [5.74, 6) is 1.58. The summed E-state index contributed by atoms with van der Waals surface area (Å²) in [4.78, 5) is 26.2. The van der Waals surface area contributed by atoms with E-state index in [4.69, 9.17) is 0 Å². The van der Waals surface area contributed by atoms with Crippen LogP contribution in [0.4, 0.5) is 5.82 Å². The summed E-state index contributed by atoms with van der Waals surface area (Å²) < 4.78 is 0. The maximum Gasteiger partial charge on any atom is 0.251 e. The largest absolute Gasteiger partial charge is 0.353 e. The molecule has 1 N–H and O–H groups in total. The van der Waals surface area contributed by atoms with Gasteiger partial charge in [-0.25, -0.2) is 9.97 Å². The molecule has 1 unspecified atom stereocenters. The lowest BCUT2D eigenvalue weighted by Crippen LogP contribution is -2.31. The average Bonchev–Trinajstić information content (AvgIpc) is 3.16. The molecule has 0 bridgehead atoms. The van der Waals surface area contributed by atoms with Gasteiger partial charge in [0.05, 0.1) is 0 Å². The van der Waals surface area contributed by atoms with Crippen molar-refractivity contribution < 1.29 is 0 Å². The molecule has 1 fully saturated rings. The number of hydrogen-bond donors (Lipinski definition) is 1. The van der Waals surface area contributed by atoms with Crippen LogP contribution < -0.4 is 10.5 Å². The molecule has 0 aliphatic carbocycles. The Balaban J connectivity index is 1.55. The second-order valence-corrected chi connectivity index (χ2v) is 7.02. The molecule has 0 spiro atoms. The number of hydrogen-bond acceptors (Lipinski definition) is 4. The minimum absolute atomic E-state index is 0.122. The van der Waals surface area contributed by atoms with Gasteiger partial charge in [-0.2, -0.15) is 0 Å².